The number of amidine groups is 1. The number of methoxy groups -OCH3 is 1. The van der Waals surface area contributed by atoms with Crippen molar-refractivity contribution in [2.75, 3.05) is 26.9 Å². The number of benzene rings is 2. The molecule has 0 aliphatic carbocycles. The zero-order valence-corrected chi connectivity index (χ0v) is 17.1. The molecule has 29 heavy (non-hydrogen) atoms. The van der Waals surface area contributed by atoms with Gasteiger partial charge in [-0.05, 0) is 29.3 Å². The lowest BCUT2D eigenvalue weighted by molar-refractivity contribution is -0.0532. The standard InChI is InChI=1S/C21H25N3O4S/c1-25-18-8-7-17(13-19(18)26-10-9-20-27-11-12-28-20)14-23-24-21(22)29-15-16-5-3-2-4-6-16/h2-8,13-14,20H,9-12,15H2,1H3,(H2,22,24). The zero-order valence-electron chi connectivity index (χ0n) is 16.3. The molecule has 0 bridgehead atoms. The maximum absolute atomic E-state index is 5.92. The Morgan fingerprint density at radius 1 is 1.17 bits per heavy atom. The molecule has 1 aliphatic heterocycles. The van der Waals surface area contributed by atoms with Crippen molar-refractivity contribution < 1.29 is 18.9 Å². The SMILES string of the molecule is COc1ccc(C=NN=C(N)SCc2ccccc2)cc1OCCC1OCCO1. The first-order chi connectivity index (χ1) is 14.2. The summed E-state index contributed by atoms with van der Waals surface area (Å²) in [6.07, 6.45) is 2.09. The molecule has 1 saturated heterocycles. The molecule has 0 radical (unpaired) electrons. The monoisotopic (exact) mass is 415 g/mol. The van der Waals surface area contributed by atoms with Crippen LogP contribution in [0.4, 0.5) is 0 Å². The van der Waals surface area contributed by atoms with Crippen molar-refractivity contribution in [2.24, 2.45) is 15.9 Å². The van der Waals surface area contributed by atoms with E-state index in [2.05, 4.69) is 10.2 Å². The van der Waals surface area contributed by atoms with E-state index in [-0.39, 0.29) is 6.29 Å². The Morgan fingerprint density at radius 3 is 2.72 bits per heavy atom. The highest BCUT2D eigenvalue weighted by Crippen LogP contribution is 2.28. The van der Waals surface area contributed by atoms with Crippen LogP contribution in [0.5, 0.6) is 11.5 Å². The van der Waals surface area contributed by atoms with E-state index in [0.29, 0.717) is 42.9 Å². The van der Waals surface area contributed by atoms with E-state index < -0.39 is 0 Å². The predicted octanol–water partition coefficient (Wildman–Crippen LogP) is 3.42. The van der Waals surface area contributed by atoms with Gasteiger partial charge < -0.3 is 24.7 Å². The first-order valence-electron chi connectivity index (χ1n) is 9.32. The number of hydrogen-bond donors (Lipinski definition) is 1. The van der Waals surface area contributed by atoms with Crippen molar-refractivity contribution in [1.82, 2.24) is 0 Å². The van der Waals surface area contributed by atoms with Crippen LogP contribution in [-0.2, 0) is 15.2 Å². The highest BCUT2D eigenvalue weighted by Gasteiger charge is 2.16. The Morgan fingerprint density at radius 2 is 1.97 bits per heavy atom. The quantitative estimate of drug-likeness (QED) is 0.384. The summed E-state index contributed by atoms with van der Waals surface area (Å²) in [5.41, 5.74) is 7.93. The third-order valence-corrected chi connectivity index (χ3v) is 4.94. The van der Waals surface area contributed by atoms with Crippen LogP contribution in [0.1, 0.15) is 17.5 Å². The summed E-state index contributed by atoms with van der Waals surface area (Å²) in [6, 6.07) is 15.6. The number of rotatable bonds is 9. The van der Waals surface area contributed by atoms with E-state index in [4.69, 9.17) is 24.7 Å². The highest BCUT2D eigenvalue weighted by atomic mass is 32.2. The average molecular weight is 416 g/mol. The van der Waals surface area contributed by atoms with E-state index in [9.17, 15) is 0 Å². The van der Waals surface area contributed by atoms with Crippen LogP contribution < -0.4 is 15.2 Å². The van der Waals surface area contributed by atoms with E-state index >= 15 is 0 Å². The molecule has 0 amide bonds. The minimum Gasteiger partial charge on any atom is -0.493 e. The van der Waals surface area contributed by atoms with Crippen molar-refractivity contribution in [3.8, 4) is 11.5 Å². The molecule has 1 fully saturated rings. The van der Waals surface area contributed by atoms with Crippen LogP contribution in [-0.4, -0.2) is 44.6 Å². The van der Waals surface area contributed by atoms with Crippen LogP contribution in [0.2, 0.25) is 0 Å². The lowest BCUT2D eigenvalue weighted by Crippen LogP contribution is -2.13. The summed E-state index contributed by atoms with van der Waals surface area (Å²) in [6.45, 7) is 1.73. The average Bonchev–Trinajstić information content (AvgIpc) is 3.27. The molecule has 0 aromatic heterocycles. The fraction of sp³-hybridized carbons (Fsp3) is 0.333. The van der Waals surface area contributed by atoms with Gasteiger partial charge in [-0.15, -0.1) is 5.10 Å². The van der Waals surface area contributed by atoms with Gasteiger partial charge in [0.15, 0.2) is 23.0 Å². The Balaban J connectivity index is 1.53. The molecule has 0 spiro atoms. The molecule has 0 unspecified atom stereocenters. The Labute approximate surface area is 174 Å². The van der Waals surface area contributed by atoms with Crippen LogP contribution in [0, 0.1) is 0 Å². The van der Waals surface area contributed by atoms with Crippen molar-refractivity contribution >= 4 is 23.1 Å². The summed E-state index contributed by atoms with van der Waals surface area (Å²) in [5.74, 6) is 2.03. The van der Waals surface area contributed by atoms with Gasteiger partial charge in [0.25, 0.3) is 0 Å². The first-order valence-corrected chi connectivity index (χ1v) is 10.3. The van der Waals surface area contributed by atoms with Gasteiger partial charge in [0, 0.05) is 12.2 Å². The molecule has 0 saturated carbocycles. The van der Waals surface area contributed by atoms with Gasteiger partial charge in [-0.25, -0.2) is 0 Å². The molecule has 1 heterocycles. The lowest BCUT2D eigenvalue weighted by atomic mass is 10.2. The smallest absolute Gasteiger partial charge is 0.180 e. The molecule has 2 aromatic rings. The van der Waals surface area contributed by atoms with E-state index in [1.165, 1.54) is 17.3 Å². The fourth-order valence-electron chi connectivity index (χ4n) is 2.64. The maximum atomic E-state index is 5.92. The molecule has 8 heteroatoms. The summed E-state index contributed by atoms with van der Waals surface area (Å²) < 4.78 is 22.0. The van der Waals surface area contributed by atoms with Gasteiger partial charge in [-0.3, -0.25) is 0 Å². The highest BCUT2D eigenvalue weighted by molar-refractivity contribution is 8.13. The number of hydrogen-bond acceptors (Lipinski definition) is 7. The lowest BCUT2D eigenvalue weighted by Gasteiger charge is -2.13. The van der Waals surface area contributed by atoms with Gasteiger partial charge in [0.05, 0.1) is 33.1 Å². The number of nitrogens with zero attached hydrogens (tertiary/aromatic N) is 2. The van der Waals surface area contributed by atoms with Gasteiger partial charge in [0.1, 0.15) is 0 Å². The molecule has 154 valence electrons. The minimum atomic E-state index is -0.198. The Bertz CT molecular complexity index is 824. The second kappa shape index (κ2) is 11.5. The molecule has 3 rings (SSSR count). The summed E-state index contributed by atoms with van der Waals surface area (Å²) >= 11 is 1.44. The predicted molar refractivity (Wildman–Crippen MR) is 116 cm³/mol. The second-order valence-electron chi connectivity index (χ2n) is 6.18. The van der Waals surface area contributed by atoms with E-state index in [1.54, 1.807) is 13.3 Å². The number of thioether (sulfide) groups is 1. The van der Waals surface area contributed by atoms with E-state index in [1.807, 2.05) is 48.5 Å². The van der Waals surface area contributed by atoms with Crippen LogP contribution >= 0.6 is 11.8 Å². The van der Waals surface area contributed by atoms with Crippen LogP contribution in [0.15, 0.2) is 58.7 Å². The summed E-state index contributed by atoms with van der Waals surface area (Å²) in [4.78, 5) is 0. The molecular formula is C21H25N3O4S. The summed E-state index contributed by atoms with van der Waals surface area (Å²) in [7, 11) is 1.61. The van der Waals surface area contributed by atoms with E-state index in [0.717, 1.165) is 11.3 Å². The molecular weight excluding hydrogens is 390 g/mol. The molecule has 7 nitrogen and oxygen atoms in total. The minimum absolute atomic E-state index is 0.198. The number of ether oxygens (including phenoxy) is 4. The molecule has 0 atom stereocenters. The normalized spacial score (nSPS) is 15.1. The largest absolute Gasteiger partial charge is 0.493 e. The number of nitrogens with two attached hydrogens (primary N) is 1. The van der Waals surface area contributed by atoms with Crippen molar-refractivity contribution in [3.63, 3.8) is 0 Å². The van der Waals surface area contributed by atoms with Crippen molar-refractivity contribution in [1.29, 1.82) is 0 Å². The first kappa shape index (κ1) is 21.2. The van der Waals surface area contributed by atoms with Crippen LogP contribution in [0.25, 0.3) is 0 Å². The second-order valence-corrected chi connectivity index (χ2v) is 7.17. The Kier molecular flexibility index (Phi) is 8.36. The maximum Gasteiger partial charge on any atom is 0.180 e. The van der Waals surface area contributed by atoms with Gasteiger partial charge in [-0.2, -0.15) is 5.10 Å². The molecule has 2 N–H and O–H groups in total. The third kappa shape index (κ3) is 7.08. The van der Waals surface area contributed by atoms with Gasteiger partial charge in [-0.1, -0.05) is 42.1 Å². The molecule has 2 aromatic carbocycles. The van der Waals surface area contributed by atoms with Gasteiger partial charge in [0.2, 0.25) is 0 Å². The fourth-order valence-corrected chi connectivity index (χ4v) is 3.25. The van der Waals surface area contributed by atoms with Crippen LogP contribution in [0.3, 0.4) is 0 Å². The van der Waals surface area contributed by atoms with Gasteiger partial charge >= 0.3 is 0 Å². The Hall–Kier alpha value is -2.55. The molecule has 1 aliphatic rings. The summed E-state index contributed by atoms with van der Waals surface area (Å²) in [5, 5.41) is 8.53. The zero-order chi connectivity index (χ0) is 20.3. The topological polar surface area (TPSA) is 87.7 Å². The van der Waals surface area contributed by atoms with Crippen molar-refractivity contribution in [3.05, 3.63) is 59.7 Å². The third-order valence-electron chi connectivity index (χ3n) is 4.08. The van der Waals surface area contributed by atoms with Crippen molar-refractivity contribution in [2.45, 2.75) is 18.5 Å².